The lowest BCUT2D eigenvalue weighted by atomic mass is 9.93. The van der Waals surface area contributed by atoms with Crippen molar-refractivity contribution in [2.75, 3.05) is 18.4 Å². The Balaban J connectivity index is 1.39. The number of piperidine rings is 1. The van der Waals surface area contributed by atoms with E-state index in [2.05, 4.69) is 10.3 Å². The van der Waals surface area contributed by atoms with Crippen molar-refractivity contribution in [1.82, 2.24) is 19.5 Å². The second-order valence-corrected chi connectivity index (χ2v) is 11.1. The van der Waals surface area contributed by atoms with Gasteiger partial charge in [0.25, 0.3) is 5.56 Å². The molecule has 1 aromatic carbocycles. The fourth-order valence-corrected chi connectivity index (χ4v) is 5.34. The van der Waals surface area contributed by atoms with Gasteiger partial charge in [-0.25, -0.2) is 14.1 Å². The molecule has 0 atom stereocenters. The quantitative estimate of drug-likeness (QED) is 0.503. The zero-order valence-corrected chi connectivity index (χ0v) is 21.7. The maximum absolute atomic E-state index is 12.7. The molecule has 3 heterocycles. The molecule has 1 aliphatic carbocycles. The van der Waals surface area contributed by atoms with Gasteiger partial charge in [0, 0.05) is 25.1 Å². The van der Waals surface area contributed by atoms with E-state index in [9.17, 15) is 14.4 Å². The maximum atomic E-state index is 12.7. The minimum Gasteiger partial charge on any atom is -0.446 e. The minimum absolute atomic E-state index is 0.0467. The van der Waals surface area contributed by atoms with Gasteiger partial charge in [-0.3, -0.25) is 10.1 Å². The number of carbonyl (C=O) groups is 2. The van der Waals surface area contributed by atoms with Crippen LogP contribution in [0.1, 0.15) is 77.3 Å². The number of hydrogen-bond acceptors (Lipinski definition) is 6. The van der Waals surface area contributed by atoms with E-state index in [1.807, 2.05) is 32.9 Å². The highest BCUT2D eigenvalue weighted by atomic mass is 16.6. The average molecular weight is 510 g/mol. The van der Waals surface area contributed by atoms with Crippen LogP contribution in [-0.2, 0) is 9.47 Å². The number of ether oxygens (including phenoxy) is 2. The molecule has 2 aromatic heterocycles. The molecule has 37 heavy (non-hydrogen) atoms. The number of rotatable bonds is 3. The maximum Gasteiger partial charge on any atom is 0.411 e. The number of carbonyl (C=O) groups excluding carboxylic acids is 2. The van der Waals surface area contributed by atoms with Crippen molar-refractivity contribution in [3.63, 3.8) is 0 Å². The fraction of sp³-hybridized carbons (Fsp3) is 0.556. The van der Waals surface area contributed by atoms with Crippen LogP contribution in [0, 0.1) is 0 Å². The number of H-pyrrole nitrogens is 1. The molecule has 0 radical (unpaired) electrons. The van der Waals surface area contributed by atoms with Crippen LogP contribution >= 0.6 is 0 Å². The van der Waals surface area contributed by atoms with E-state index in [1.165, 1.54) is 6.42 Å². The molecule has 198 valence electrons. The number of likely N-dealkylation sites (tertiary alicyclic amines) is 1. The van der Waals surface area contributed by atoms with Crippen molar-refractivity contribution in [3.8, 4) is 0 Å². The van der Waals surface area contributed by atoms with Crippen LogP contribution in [0.25, 0.3) is 16.6 Å². The van der Waals surface area contributed by atoms with E-state index in [0.717, 1.165) is 31.4 Å². The Morgan fingerprint density at radius 2 is 1.81 bits per heavy atom. The number of aromatic amines is 1. The van der Waals surface area contributed by atoms with Crippen molar-refractivity contribution in [2.45, 2.75) is 83.3 Å². The van der Waals surface area contributed by atoms with E-state index >= 15 is 0 Å². The summed E-state index contributed by atoms with van der Waals surface area (Å²) >= 11 is 0. The molecule has 0 spiro atoms. The first-order valence-corrected chi connectivity index (χ1v) is 13.2. The lowest BCUT2D eigenvalue weighted by Crippen LogP contribution is -2.41. The highest BCUT2D eigenvalue weighted by molar-refractivity contribution is 6.06. The van der Waals surface area contributed by atoms with Crippen molar-refractivity contribution >= 4 is 34.4 Å². The third-order valence-electron chi connectivity index (χ3n) is 7.09. The highest BCUT2D eigenvalue weighted by Crippen LogP contribution is 2.32. The molecule has 1 aliphatic heterocycles. The van der Waals surface area contributed by atoms with Crippen LogP contribution in [0.15, 0.2) is 29.1 Å². The van der Waals surface area contributed by atoms with Crippen LogP contribution in [0.3, 0.4) is 0 Å². The summed E-state index contributed by atoms with van der Waals surface area (Å²) in [6.07, 6.45) is 5.60. The van der Waals surface area contributed by atoms with Crippen LogP contribution < -0.4 is 10.9 Å². The van der Waals surface area contributed by atoms with Crippen molar-refractivity contribution in [3.05, 3.63) is 40.3 Å². The number of hydrogen-bond donors (Lipinski definition) is 2. The van der Waals surface area contributed by atoms with Crippen LogP contribution in [0.4, 0.5) is 15.3 Å². The number of nitrogens with one attached hydrogen (secondary N) is 2. The molecule has 2 aliphatic rings. The molecular formula is C27H35N5O5. The van der Waals surface area contributed by atoms with Gasteiger partial charge in [-0.2, -0.15) is 5.10 Å². The molecule has 2 N–H and O–H groups in total. The molecule has 10 nitrogen and oxygen atoms in total. The average Bonchev–Trinajstić information content (AvgIpc) is 3.22. The predicted molar refractivity (Wildman–Crippen MR) is 140 cm³/mol. The number of benzene rings is 1. The number of amides is 2. The Bertz CT molecular complexity index is 1360. The van der Waals surface area contributed by atoms with Crippen molar-refractivity contribution < 1.29 is 19.1 Å². The Morgan fingerprint density at radius 1 is 1.08 bits per heavy atom. The SMILES string of the molecule is CC(C)(C)OC(=O)N1CCC(c2cc(=O)[nH]c3c4c(NC(=O)OC5CCCCC5)cccc4nn23)CC1. The molecule has 3 aromatic rings. The van der Waals surface area contributed by atoms with Gasteiger partial charge in [0.2, 0.25) is 0 Å². The van der Waals surface area contributed by atoms with Crippen molar-refractivity contribution in [2.24, 2.45) is 0 Å². The van der Waals surface area contributed by atoms with E-state index in [1.54, 1.807) is 21.5 Å². The summed E-state index contributed by atoms with van der Waals surface area (Å²) in [5.74, 6) is 0.0467. The molecule has 5 rings (SSSR count). The summed E-state index contributed by atoms with van der Waals surface area (Å²) in [5, 5.41) is 8.30. The van der Waals surface area contributed by atoms with Gasteiger partial charge in [0.15, 0.2) is 0 Å². The van der Waals surface area contributed by atoms with Crippen molar-refractivity contribution in [1.29, 1.82) is 0 Å². The Morgan fingerprint density at radius 3 is 2.51 bits per heavy atom. The number of fused-ring (bicyclic) bond motifs is 3. The standard InChI is InChI=1S/C27H35N5O5/c1-27(2,3)37-26(35)31-14-12-17(13-15-31)21-16-22(33)29-24-23-19(10-7-11-20(23)30-32(21)24)28-25(34)36-18-8-5-4-6-9-18/h7,10-11,16-18H,4-6,8-9,12-15H2,1-3H3,(H,28,34)(H,29,33). The molecule has 1 saturated carbocycles. The first-order valence-electron chi connectivity index (χ1n) is 13.2. The summed E-state index contributed by atoms with van der Waals surface area (Å²) in [7, 11) is 0. The zero-order valence-electron chi connectivity index (χ0n) is 21.7. The Kier molecular flexibility index (Phi) is 6.83. The normalized spacial score (nSPS) is 17.8. The summed E-state index contributed by atoms with van der Waals surface area (Å²) in [6, 6.07) is 7.04. The van der Waals surface area contributed by atoms with Gasteiger partial charge in [-0.15, -0.1) is 0 Å². The topological polar surface area (TPSA) is 118 Å². The first-order chi connectivity index (χ1) is 17.7. The molecule has 0 unspecified atom stereocenters. The number of nitrogens with zero attached hydrogens (tertiary/aromatic N) is 3. The second kappa shape index (κ2) is 10.1. The summed E-state index contributed by atoms with van der Waals surface area (Å²) in [4.78, 5) is 42.5. The molecule has 1 saturated heterocycles. The van der Waals surface area contributed by atoms with E-state index in [4.69, 9.17) is 14.6 Å². The monoisotopic (exact) mass is 509 g/mol. The molecule has 10 heteroatoms. The summed E-state index contributed by atoms with van der Waals surface area (Å²) < 4.78 is 12.9. The third kappa shape index (κ3) is 5.57. The predicted octanol–water partition coefficient (Wildman–Crippen LogP) is 5.17. The highest BCUT2D eigenvalue weighted by Gasteiger charge is 2.29. The smallest absolute Gasteiger partial charge is 0.411 e. The molecule has 2 fully saturated rings. The van der Waals surface area contributed by atoms with E-state index in [-0.39, 0.29) is 23.7 Å². The molecule has 2 amide bonds. The first kappa shape index (κ1) is 25.1. The largest absolute Gasteiger partial charge is 0.446 e. The van der Waals surface area contributed by atoms with Crippen LogP contribution in [0.2, 0.25) is 0 Å². The number of aromatic nitrogens is 3. The lowest BCUT2D eigenvalue weighted by Gasteiger charge is -2.33. The second-order valence-electron chi connectivity index (χ2n) is 11.1. The van der Waals surface area contributed by atoms with Crippen LogP contribution in [0.5, 0.6) is 0 Å². The third-order valence-corrected chi connectivity index (χ3v) is 7.09. The van der Waals surface area contributed by atoms with Gasteiger partial charge >= 0.3 is 12.2 Å². The number of anilines is 1. The fourth-order valence-electron chi connectivity index (χ4n) is 5.34. The van der Waals surface area contributed by atoms with E-state index < -0.39 is 11.7 Å². The molecule has 0 bridgehead atoms. The van der Waals surface area contributed by atoms with Gasteiger partial charge in [-0.05, 0) is 71.4 Å². The minimum atomic E-state index is -0.545. The van der Waals surface area contributed by atoms with Gasteiger partial charge in [-0.1, -0.05) is 12.5 Å². The Labute approximate surface area is 215 Å². The van der Waals surface area contributed by atoms with Crippen LogP contribution in [-0.4, -0.2) is 56.5 Å². The van der Waals surface area contributed by atoms with Gasteiger partial charge in [0.1, 0.15) is 17.4 Å². The van der Waals surface area contributed by atoms with E-state index in [0.29, 0.717) is 48.2 Å². The Hall–Kier alpha value is -3.56. The van der Waals surface area contributed by atoms with Gasteiger partial charge < -0.3 is 19.4 Å². The summed E-state index contributed by atoms with van der Waals surface area (Å²) in [6.45, 7) is 6.63. The zero-order chi connectivity index (χ0) is 26.2. The lowest BCUT2D eigenvalue weighted by molar-refractivity contribution is 0.0203. The molecular weight excluding hydrogens is 474 g/mol. The van der Waals surface area contributed by atoms with Gasteiger partial charge in [0.05, 0.1) is 22.3 Å². The summed E-state index contributed by atoms with van der Waals surface area (Å²) in [5.41, 5.74) is 1.73.